The summed E-state index contributed by atoms with van der Waals surface area (Å²) in [6, 6.07) is 3.74. The Kier molecular flexibility index (Phi) is 2.59. The van der Waals surface area contributed by atoms with E-state index >= 15 is 0 Å². The van der Waals surface area contributed by atoms with Crippen LogP contribution in [0.1, 0.15) is 35.3 Å². The lowest BCUT2D eigenvalue weighted by molar-refractivity contribution is 0.108. The maximum Gasteiger partial charge on any atom is 0.262 e. The fourth-order valence-electron chi connectivity index (χ4n) is 0.847. The molecule has 1 nitrogen and oxygen atoms in total. The van der Waals surface area contributed by atoms with Gasteiger partial charge in [0.1, 0.15) is 0 Å². The van der Waals surface area contributed by atoms with Gasteiger partial charge in [-0.15, -0.1) is 11.3 Å². The molecule has 0 radical (unpaired) electrons. The van der Waals surface area contributed by atoms with Gasteiger partial charge in [-0.2, -0.15) is 0 Å². The molecule has 0 saturated carbocycles. The minimum absolute atomic E-state index is 0.106. The zero-order valence-electron chi connectivity index (χ0n) is 7.35. The summed E-state index contributed by atoms with van der Waals surface area (Å²) < 4.78 is 0. The van der Waals surface area contributed by atoms with Gasteiger partial charge in [0.25, 0.3) is 5.24 Å². The zero-order chi connectivity index (χ0) is 9.35. The van der Waals surface area contributed by atoms with Crippen molar-refractivity contribution in [2.45, 2.75) is 26.2 Å². The normalized spacial score (nSPS) is 11.7. The highest BCUT2D eigenvalue weighted by atomic mass is 35.5. The predicted octanol–water partition coefficient (Wildman–Crippen LogP) is 3.42. The van der Waals surface area contributed by atoms with Gasteiger partial charge in [0, 0.05) is 4.88 Å². The van der Waals surface area contributed by atoms with E-state index in [-0.39, 0.29) is 10.7 Å². The smallest absolute Gasteiger partial charge is 0.262 e. The van der Waals surface area contributed by atoms with Gasteiger partial charge in [0.15, 0.2) is 0 Å². The molecular formula is C9H11ClOS. The van der Waals surface area contributed by atoms with Gasteiger partial charge in [-0.3, -0.25) is 4.79 Å². The van der Waals surface area contributed by atoms with Crippen LogP contribution >= 0.6 is 22.9 Å². The van der Waals surface area contributed by atoms with Crippen molar-refractivity contribution in [2.75, 3.05) is 0 Å². The summed E-state index contributed by atoms with van der Waals surface area (Å²) in [5.41, 5.74) is 0.106. The topological polar surface area (TPSA) is 17.1 Å². The first kappa shape index (κ1) is 9.75. The lowest BCUT2D eigenvalue weighted by Crippen LogP contribution is -2.07. The summed E-state index contributed by atoms with van der Waals surface area (Å²) in [5, 5.41) is -0.365. The number of thiophene rings is 1. The molecule has 0 saturated heterocycles. The van der Waals surface area contributed by atoms with E-state index in [0.29, 0.717) is 4.88 Å². The molecule has 3 heteroatoms. The molecule has 0 bridgehead atoms. The van der Waals surface area contributed by atoms with Crippen molar-refractivity contribution >= 4 is 28.2 Å². The minimum Gasteiger partial charge on any atom is -0.275 e. The first-order valence-corrected chi connectivity index (χ1v) is 4.91. The van der Waals surface area contributed by atoms with Crippen molar-refractivity contribution in [1.82, 2.24) is 0 Å². The first-order chi connectivity index (χ1) is 5.41. The second-order valence-corrected chi connectivity index (χ2v) is 5.11. The molecule has 0 aliphatic heterocycles. The number of carbonyl (C=O) groups is 1. The van der Waals surface area contributed by atoms with Gasteiger partial charge in [-0.05, 0) is 29.1 Å². The molecule has 0 aliphatic carbocycles. The summed E-state index contributed by atoms with van der Waals surface area (Å²) in [6.45, 7) is 6.34. The molecule has 1 rings (SSSR count). The monoisotopic (exact) mass is 202 g/mol. The molecule has 0 N–H and O–H groups in total. The number of carbonyl (C=O) groups excluding carboxylic acids is 1. The fourth-order valence-corrected chi connectivity index (χ4v) is 1.92. The Morgan fingerprint density at radius 1 is 1.42 bits per heavy atom. The number of hydrogen-bond donors (Lipinski definition) is 0. The molecule has 0 aromatic carbocycles. The van der Waals surface area contributed by atoms with Gasteiger partial charge >= 0.3 is 0 Å². The number of hydrogen-bond acceptors (Lipinski definition) is 2. The van der Waals surface area contributed by atoms with Crippen molar-refractivity contribution in [3.05, 3.63) is 21.9 Å². The van der Waals surface area contributed by atoms with E-state index in [9.17, 15) is 4.79 Å². The van der Waals surface area contributed by atoms with Crippen LogP contribution in [0.25, 0.3) is 0 Å². The van der Waals surface area contributed by atoms with Crippen LogP contribution in [-0.4, -0.2) is 5.24 Å². The van der Waals surface area contributed by atoms with Crippen molar-refractivity contribution in [1.29, 1.82) is 0 Å². The average molecular weight is 203 g/mol. The molecule has 0 aliphatic rings. The van der Waals surface area contributed by atoms with Gasteiger partial charge < -0.3 is 0 Å². The zero-order valence-corrected chi connectivity index (χ0v) is 8.92. The Balaban J connectivity index is 3.00. The van der Waals surface area contributed by atoms with Crippen LogP contribution in [0.4, 0.5) is 0 Å². The third kappa shape index (κ3) is 2.08. The third-order valence-electron chi connectivity index (χ3n) is 1.54. The summed E-state index contributed by atoms with van der Waals surface area (Å²) >= 11 is 6.80. The van der Waals surface area contributed by atoms with E-state index in [1.54, 1.807) is 6.07 Å². The number of rotatable bonds is 1. The second kappa shape index (κ2) is 3.19. The van der Waals surface area contributed by atoms with Crippen LogP contribution < -0.4 is 0 Å². The summed E-state index contributed by atoms with van der Waals surface area (Å²) in [7, 11) is 0. The van der Waals surface area contributed by atoms with E-state index < -0.39 is 0 Å². The highest BCUT2D eigenvalue weighted by molar-refractivity contribution is 7.15. The fraction of sp³-hybridized carbons (Fsp3) is 0.444. The van der Waals surface area contributed by atoms with Crippen molar-refractivity contribution < 1.29 is 4.79 Å². The van der Waals surface area contributed by atoms with E-state index in [4.69, 9.17) is 11.6 Å². The summed E-state index contributed by atoms with van der Waals surface area (Å²) in [5.74, 6) is 0. The molecule has 0 spiro atoms. The van der Waals surface area contributed by atoms with E-state index in [2.05, 4.69) is 20.8 Å². The van der Waals surface area contributed by atoms with Gasteiger partial charge in [0.2, 0.25) is 0 Å². The first-order valence-electron chi connectivity index (χ1n) is 3.71. The third-order valence-corrected chi connectivity index (χ3v) is 3.36. The standard InChI is InChI=1S/C9H11ClOS/c1-9(2,3)7-5-4-6(12-7)8(10)11/h4-5H,1-3H3. The average Bonchev–Trinajstić information content (AvgIpc) is 2.30. The maximum atomic E-state index is 10.8. The van der Waals surface area contributed by atoms with Gasteiger partial charge in [0.05, 0.1) is 4.88 Å². The molecule has 1 heterocycles. The Morgan fingerprint density at radius 2 is 2.00 bits per heavy atom. The Labute approximate surface area is 81.4 Å². The molecule has 1 aromatic rings. The van der Waals surface area contributed by atoms with E-state index in [1.165, 1.54) is 16.2 Å². The Morgan fingerprint density at radius 3 is 2.25 bits per heavy atom. The van der Waals surface area contributed by atoms with Gasteiger partial charge in [-0.1, -0.05) is 20.8 Å². The molecule has 0 fully saturated rings. The van der Waals surface area contributed by atoms with Crippen molar-refractivity contribution in [3.63, 3.8) is 0 Å². The van der Waals surface area contributed by atoms with Crippen LogP contribution in [0.5, 0.6) is 0 Å². The quantitative estimate of drug-likeness (QED) is 0.638. The molecule has 12 heavy (non-hydrogen) atoms. The van der Waals surface area contributed by atoms with E-state index in [1.807, 2.05) is 6.07 Å². The molecule has 0 amide bonds. The predicted molar refractivity (Wildman–Crippen MR) is 53.2 cm³/mol. The maximum absolute atomic E-state index is 10.8. The highest BCUT2D eigenvalue weighted by Crippen LogP contribution is 2.29. The second-order valence-electron chi connectivity index (χ2n) is 3.69. The molecular weight excluding hydrogens is 192 g/mol. The lowest BCUT2D eigenvalue weighted by Gasteiger charge is -2.14. The Bertz CT molecular complexity index is 296. The summed E-state index contributed by atoms with van der Waals surface area (Å²) in [6.07, 6.45) is 0. The van der Waals surface area contributed by atoms with Gasteiger partial charge in [-0.25, -0.2) is 0 Å². The highest BCUT2D eigenvalue weighted by Gasteiger charge is 2.17. The molecule has 66 valence electrons. The molecule has 1 aromatic heterocycles. The Hall–Kier alpha value is -0.340. The molecule has 0 unspecified atom stereocenters. The lowest BCUT2D eigenvalue weighted by atomic mass is 9.95. The van der Waals surface area contributed by atoms with Crippen molar-refractivity contribution in [3.8, 4) is 0 Å². The van der Waals surface area contributed by atoms with Crippen molar-refractivity contribution in [2.24, 2.45) is 0 Å². The molecule has 0 atom stereocenters. The number of halogens is 1. The van der Waals surface area contributed by atoms with E-state index in [0.717, 1.165) is 0 Å². The van der Waals surface area contributed by atoms with Crippen LogP contribution in [-0.2, 0) is 5.41 Å². The van der Waals surface area contributed by atoms with Crippen LogP contribution in [0, 0.1) is 0 Å². The van der Waals surface area contributed by atoms with Crippen LogP contribution in [0.15, 0.2) is 12.1 Å². The largest absolute Gasteiger partial charge is 0.275 e. The summed E-state index contributed by atoms with van der Waals surface area (Å²) in [4.78, 5) is 12.6. The minimum atomic E-state index is -0.365. The van der Waals surface area contributed by atoms with Crippen LogP contribution in [0.2, 0.25) is 0 Å². The van der Waals surface area contributed by atoms with Crippen LogP contribution in [0.3, 0.4) is 0 Å². The SMILES string of the molecule is CC(C)(C)c1ccc(C(=O)Cl)s1.